The molecule has 0 heterocycles. The quantitative estimate of drug-likeness (QED) is 0.508. The van der Waals surface area contributed by atoms with Gasteiger partial charge in [0.2, 0.25) is 11.8 Å². The van der Waals surface area contributed by atoms with E-state index in [1.165, 1.54) is 11.8 Å². The number of benzene rings is 3. The highest BCUT2D eigenvalue weighted by molar-refractivity contribution is 8.00. The predicted molar refractivity (Wildman–Crippen MR) is 127 cm³/mol. The van der Waals surface area contributed by atoms with E-state index in [2.05, 4.69) is 5.32 Å². The fourth-order valence-corrected chi connectivity index (χ4v) is 4.16. The molecule has 0 bridgehead atoms. The highest BCUT2D eigenvalue weighted by atomic mass is 32.2. The average Bonchev–Trinajstić information content (AvgIpc) is 2.81. The largest absolute Gasteiger partial charge is 0.357 e. The number of carbonyl (C=O) groups is 2. The molecule has 0 fully saturated rings. The van der Waals surface area contributed by atoms with Crippen LogP contribution in [-0.4, -0.2) is 35.6 Å². The summed E-state index contributed by atoms with van der Waals surface area (Å²) in [5, 5.41) is 2.75. The minimum atomic E-state index is -0.586. The molecule has 0 spiro atoms. The molecule has 0 unspecified atom stereocenters. The molecule has 3 aromatic carbocycles. The van der Waals surface area contributed by atoms with E-state index in [-0.39, 0.29) is 17.6 Å². The van der Waals surface area contributed by atoms with E-state index in [1.807, 2.05) is 91.9 Å². The zero-order chi connectivity index (χ0) is 22.1. The van der Waals surface area contributed by atoms with Gasteiger partial charge >= 0.3 is 0 Å². The van der Waals surface area contributed by atoms with Crippen molar-refractivity contribution in [2.75, 3.05) is 12.8 Å². The lowest BCUT2D eigenvalue weighted by Crippen LogP contribution is -2.50. The smallest absolute Gasteiger partial charge is 0.242 e. The Labute approximate surface area is 188 Å². The number of thioether (sulfide) groups is 1. The van der Waals surface area contributed by atoms with Crippen LogP contribution in [0.15, 0.2) is 89.8 Å². The molecular formula is C26H28N2O2S. The maximum Gasteiger partial charge on any atom is 0.242 e. The Morgan fingerprint density at radius 1 is 0.871 bits per heavy atom. The number of nitrogens with one attached hydrogen (secondary N) is 1. The van der Waals surface area contributed by atoms with Crippen molar-refractivity contribution in [1.82, 2.24) is 10.2 Å². The molecule has 1 N–H and O–H groups in total. The first-order valence-corrected chi connectivity index (χ1v) is 11.3. The molecule has 0 aliphatic carbocycles. The summed E-state index contributed by atoms with van der Waals surface area (Å²) in [5.41, 5.74) is 3.19. The molecule has 0 aliphatic rings. The van der Waals surface area contributed by atoms with Crippen LogP contribution in [0.2, 0.25) is 0 Å². The van der Waals surface area contributed by atoms with Gasteiger partial charge in [-0.2, -0.15) is 0 Å². The molecule has 0 saturated heterocycles. The first kappa shape index (κ1) is 22.6. The average molecular weight is 433 g/mol. The summed E-state index contributed by atoms with van der Waals surface area (Å²) in [6.07, 6.45) is 0.466. The molecular weight excluding hydrogens is 404 g/mol. The first-order valence-electron chi connectivity index (χ1n) is 10.3. The van der Waals surface area contributed by atoms with Crippen LogP contribution in [0.1, 0.15) is 16.7 Å². The second kappa shape index (κ2) is 11.4. The molecule has 0 aromatic heterocycles. The van der Waals surface area contributed by atoms with Gasteiger partial charge in [0.1, 0.15) is 6.04 Å². The first-order chi connectivity index (χ1) is 15.1. The van der Waals surface area contributed by atoms with Crippen molar-refractivity contribution in [3.05, 3.63) is 102 Å². The normalized spacial score (nSPS) is 11.5. The number of likely N-dealkylation sites (N-methyl/N-ethyl adjacent to an activating group) is 1. The number of rotatable bonds is 9. The summed E-state index contributed by atoms with van der Waals surface area (Å²) in [6, 6.07) is 27.2. The molecule has 5 heteroatoms. The Bertz CT molecular complexity index is 975. The Kier molecular flexibility index (Phi) is 8.30. The Morgan fingerprint density at radius 2 is 1.48 bits per heavy atom. The number of hydrogen-bond donors (Lipinski definition) is 1. The maximum atomic E-state index is 13.4. The van der Waals surface area contributed by atoms with Crippen molar-refractivity contribution in [3.63, 3.8) is 0 Å². The van der Waals surface area contributed by atoms with E-state index in [0.29, 0.717) is 13.0 Å². The lowest BCUT2D eigenvalue weighted by Gasteiger charge is -2.31. The third kappa shape index (κ3) is 6.72. The van der Waals surface area contributed by atoms with Crippen LogP contribution in [-0.2, 0) is 22.6 Å². The fourth-order valence-electron chi connectivity index (χ4n) is 3.36. The summed E-state index contributed by atoms with van der Waals surface area (Å²) in [6.45, 7) is 2.42. The Hall–Kier alpha value is -3.05. The van der Waals surface area contributed by atoms with Crippen LogP contribution in [0.25, 0.3) is 0 Å². The van der Waals surface area contributed by atoms with E-state index < -0.39 is 6.04 Å². The van der Waals surface area contributed by atoms with Gasteiger partial charge in [-0.3, -0.25) is 9.59 Å². The van der Waals surface area contributed by atoms with Crippen molar-refractivity contribution in [1.29, 1.82) is 0 Å². The van der Waals surface area contributed by atoms with Crippen LogP contribution in [0, 0.1) is 6.92 Å². The number of amides is 2. The van der Waals surface area contributed by atoms with Gasteiger partial charge in [0.25, 0.3) is 0 Å². The second-order valence-electron chi connectivity index (χ2n) is 7.43. The zero-order valence-electron chi connectivity index (χ0n) is 18.0. The molecule has 3 aromatic rings. The number of hydrogen-bond acceptors (Lipinski definition) is 3. The standard InChI is InChI=1S/C26H28N2O2S/c1-20-13-15-22(16-14-20)18-28(25(29)19-31-23-11-7-4-8-12-23)24(26(30)27-2)17-21-9-5-3-6-10-21/h3-16,24H,17-19H2,1-2H3,(H,27,30)/t24-/m0/s1. The monoisotopic (exact) mass is 432 g/mol. The summed E-state index contributed by atoms with van der Waals surface area (Å²) >= 11 is 1.49. The lowest BCUT2D eigenvalue weighted by molar-refractivity contribution is -0.139. The highest BCUT2D eigenvalue weighted by Gasteiger charge is 2.29. The third-order valence-corrected chi connectivity index (χ3v) is 6.09. The van der Waals surface area contributed by atoms with E-state index in [0.717, 1.165) is 21.6 Å². The van der Waals surface area contributed by atoms with Gasteiger partial charge in [0, 0.05) is 24.9 Å². The maximum absolute atomic E-state index is 13.4. The SMILES string of the molecule is CNC(=O)[C@H](Cc1ccccc1)N(Cc1ccc(C)cc1)C(=O)CSc1ccccc1. The molecule has 2 amide bonds. The van der Waals surface area contributed by atoms with E-state index in [1.54, 1.807) is 11.9 Å². The molecule has 31 heavy (non-hydrogen) atoms. The van der Waals surface area contributed by atoms with Crippen molar-refractivity contribution in [2.45, 2.75) is 30.8 Å². The minimum absolute atomic E-state index is 0.0565. The highest BCUT2D eigenvalue weighted by Crippen LogP contribution is 2.21. The van der Waals surface area contributed by atoms with E-state index in [9.17, 15) is 9.59 Å². The summed E-state index contributed by atoms with van der Waals surface area (Å²) in [4.78, 5) is 29.0. The van der Waals surface area contributed by atoms with Crippen LogP contribution in [0.4, 0.5) is 0 Å². The van der Waals surface area contributed by atoms with Gasteiger partial charge in [-0.25, -0.2) is 0 Å². The van der Waals surface area contributed by atoms with Gasteiger partial charge in [-0.1, -0.05) is 78.4 Å². The summed E-state index contributed by atoms with van der Waals surface area (Å²) in [5.74, 6) is 0.0611. The number of carbonyl (C=O) groups excluding carboxylic acids is 2. The minimum Gasteiger partial charge on any atom is -0.357 e. The van der Waals surface area contributed by atoms with E-state index >= 15 is 0 Å². The fraction of sp³-hybridized carbons (Fsp3) is 0.231. The Balaban J connectivity index is 1.86. The topological polar surface area (TPSA) is 49.4 Å². The van der Waals surface area contributed by atoms with Crippen molar-refractivity contribution >= 4 is 23.6 Å². The van der Waals surface area contributed by atoms with Crippen LogP contribution in [0.3, 0.4) is 0 Å². The van der Waals surface area contributed by atoms with Gasteiger partial charge in [0.05, 0.1) is 5.75 Å². The number of aryl methyl sites for hydroxylation is 1. The molecule has 1 atom stereocenters. The van der Waals surface area contributed by atoms with Gasteiger partial charge in [-0.15, -0.1) is 11.8 Å². The number of nitrogens with zero attached hydrogens (tertiary/aromatic N) is 1. The molecule has 0 saturated carbocycles. The second-order valence-corrected chi connectivity index (χ2v) is 8.48. The lowest BCUT2D eigenvalue weighted by atomic mass is 10.0. The van der Waals surface area contributed by atoms with Crippen molar-refractivity contribution in [2.24, 2.45) is 0 Å². The van der Waals surface area contributed by atoms with Gasteiger partial charge in [-0.05, 0) is 30.2 Å². The summed E-state index contributed by atoms with van der Waals surface area (Å²) < 4.78 is 0. The summed E-state index contributed by atoms with van der Waals surface area (Å²) in [7, 11) is 1.62. The zero-order valence-corrected chi connectivity index (χ0v) is 18.8. The van der Waals surface area contributed by atoms with Crippen molar-refractivity contribution in [3.8, 4) is 0 Å². The van der Waals surface area contributed by atoms with Gasteiger partial charge in [0.15, 0.2) is 0 Å². The van der Waals surface area contributed by atoms with Crippen molar-refractivity contribution < 1.29 is 9.59 Å². The Morgan fingerprint density at radius 3 is 2.10 bits per heavy atom. The van der Waals surface area contributed by atoms with E-state index in [4.69, 9.17) is 0 Å². The molecule has 0 aliphatic heterocycles. The molecule has 4 nitrogen and oxygen atoms in total. The van der Waals surface area contributed by atoms with Crippen LogP contribution >= 0.6 is 11.8 Å². The van der Waals surface area contributed by atoms with Crippen LogP contribution in [0.5, 0.6) is 0 Å². The third-order valence-electron chi connectivity index (χ3n) is 5.10. The molecule has 160 valence electrons. The molecule has 0 radical (unpaired) electrons. The predicted octanol–water partition coefficient (Wildman–Crippen LogP) is 4.47. The van der Waals surface area contributed by atoms with Crippen LogP contribution < -0.4 is 5.32 Å². The van der Waals surface area contributed by atoms with Gasteiger partial charge < -0.3 is 10.2 Å². The molecule has 3 rings (SSSR count).